The lowest BCUT2D eigenvalue weighted by molar-refractivity contribution is -0.130. The summed E-state index contributed by atoms with van der Waals surface area (Å²) in [5, 5.41) is 3.62. The minimum absolute atomic E-state index is 0.0610. The molecule has 14 heavy (non-hydrogen) atoms. The van der Waals surface area contributed by atoms with E-state index in [-0.39, 0.29) is 5.60 Å². The van der Waals surface area contributed by atoms with Gasteiger partial charge in [0.15, 0.2) is 0 Å². The largest absolute Gasteiger partial charge is 0.369 e. The van der Waals surface area contributed by atoms with Crippen molar-refractivity contribution >= 4 is 0 Å². The predicted octanol–water partition coefficient (Wildman–Crippen LogP) is 2.72. The summed E-state index contributed by atoms with van der Waals surface area (Å²) in [6.07, 6.45) is 5.08. The van der Waals surface area contributed by atoms with Crippen LogP contribution in [0.3, 0.4) is 0 Å². The highest BCUT2D eigenvalue weighted by atomic mass is 16.5. The molecule has 0 aromatic heterocycles. The first-order valence-electron chi connectivity index (χ1n) is 6.06. The van der Waals surface area contributed by atoms with Crippen molar-refractivity contribution in [3.63, 3.8) is 0 Å². The Morgan fingerprint density at radius 3 is 2.57 bits per heavy atom. The first kappa shape index (κ1) is 12.0. The van der Waals surface area contributed by atoms with Gasteiger partial charge in [-0.1, -0.05) is 27.2 Å². The third kappa shape index (κ3) is 2.71. The second-order valence-corrected chi connectivity index (χ2v) is 4.64. The van der Waals surface area contributed by atoms with Gasteiger partial charge in [-0.25, -0.2) is 0 Å². The van der Waals surface area contributed by atoms with Crippen molar-refractivity contribution in [3.05, 3.63) is 0 Å². The second-order valence-electron chi connectivity index (χ2n) is 4.64. The molecule has 1 rings (SSSR count). The smallest absolute Gasteiger partial charge is 0.0780 e. The maximum Gasteiger partial charge on any atom is 0.0780 e. The zero-order valence-corrected chi connectivity index (χ0v) is 10.1. The molecule has 0 aromatic rings. The van der Waals surface area contributed by atoms with Gasteiger partial charge in [0.25, 0.3) is 0 Å². The van der Waals surface area contributed by atoms with E-state index in [0.717, 1.165) is 13.0 Å². The van der Waals surface area contributed by atoms with Crippen LogP contribution >= 0.6 is 0 Å². The maximum absolute atomic E-state index is 6.20. The lowest BCUT2D eigenvalue weighted by Gasteiger charge is -2.43. The molecule has 1 aliphatic heterocycles. The number of morpholine rings is 1. The maximum atomic E-state index is 6.20. The zero-order chi connectivity index (χ0) is 10.6. The second kappa shape index (κ2) is 5.13. The quantitative estimate of drug-likeness (QED) is 0.751. The minimum Gasteiger partial charge on any atom is -0.369 e. The minimum atomic E-state index is 0.0610. The fourth-order valence-corrected chi connectivity index (χ4v) is 2.13. The molecule has 0 spiro atoms. The summed E-state index contributed by atoms with van der Waals surface area (Å²) < 4.78 is 6.20. The van der Waals surface area contributed by atoms with Crippen LogP contribution in [0.2, 0.25) is 0 Å². The molecule has 0 radical (unpaired) electrons. The highest BCUT2D eigenvalue weighted by Crippen LogP contribution is 2.26. The van der Waals surface area contributed by atoms with Gasteiger partial charge in [-0.2, -0.15) is 0 Å². The average Bonchev–Trinajstić information content (AvgIpc) is 2.19. The van der Waals surface area contributed by atoms with E-state index in [2.05, 4.69) is 33.0 Å². The number of hydrogen-bond donors (Lipinski definition) is 1. The molecule has 0 amide bonds. The number of hydrogen-bond acceptors (Lipinski definition) is 2. The summed E-state index contributed by atoms with van der Waals surface area (Å²) in [6.45, 7) is 9.89. The normalized spacial score (nSPS) is 38.6. The molecule has 0 aliphatic carbocycles. The van der Waals surface area contributed by atoms with Crippen molar-refractivity contribution in [2.45, 2.75) is 71.1 Å². The summed E-state index contributed by atoms with van der Waals surface area (Å²) in [5.74, 6) is 0. The van der Waals surface area contributed by atoms with Crippen LogP contribution in [0, 0.1) is 0 Å². The van der Waals surface area contributed by atoms with Crippen molar-refractivity contribution in [1.29, 1.82) is 0 Å². The molecule has 84 valence electrons. The molecule has 2 heteroatoms. The molecule has 1 heterocycles. The van der Waals surface area contributed by atoms with Gasteiger partial charge in [-0.3, -0.25) is 0 Å². The topological polar surface area (TPSA) is 21.3 Å². The highest BCUT2D eigenvalue weighted by Gasteiger charge is 2.35. The lowest BCUT2D eigenvalue weighted by Crippen LogP contribution is -2.57. The van der Waals surface area contributed by atoms with E-state index < -0.39 is 0 Å². The van der Waals surface area contributed by atoms with Crippen LogP contribution in [0.4, 0.5) is 0 Å². The van der Waals surface area contributed by atoms with Gasteiger partial charge in [0, 0.05) is 12.6 Å². The molecule has 0 aromatic carbocycles. The van der Waals surface area contributed by atoms with E-state index in [9.17, 15) is 0 Å². The van der Waals surface area contributed by atoms with Gasteiger partial charge in [-0.15, -0.1) is 0 Å². The van der Waals surface area contributed by atoms with Crippen LogP contribution < -0.4 is 5.32 Å². The van der Waals surface area contributed by atoms with E-state index in [1.807, 2.05) is 0 Å². The Morgan fingerprint density at radius 1 is 1.36 bits per heavy atom. The van der Waals surface area contributed by atoms with Crippen molar-refractivity contribution in [2.24, 2.45) is 0 Å². The molecule has 3 atom stereocenters. The Balaban J connectivity index is 2.56. The monoisotopic (exact) mass is 199 g/mol. The van der Waals surface area contributed by atoms with E-state index in [1.165, 1.54) is 19.3 Å². The van der Waals surface area contributed by atoms with E-state index in [1.54, 1.807) is 0 Å². The summed E-state index contributed by atoms with van der Waals surface area (Å²) in [5.41, 5.74) is 0.0610. The summed E-state index contributed by atoms with van der Waals surface area (Å²) in [7, 11) is 0. The lowest BCUT2D eigenvalue weighted by atomic mass is 9.94. The van der Waals surface area contributed by atoms with Crippen LogP contribution in [-0.2, 0) is 4.74 Å². The Labute approximate surface area is 88.4 Å². The summed E-state index contributed by atoms with van der Waals surface area (Å²) in [6, 6.07) is 0.564. The Hall–Kier alpha value is -0.0800. The first-order valence-corrected chi connectivity index (χ1v) is 6.06. The van der Waals surface area contributed by atoms with Gasteiger partial charge in [0.1, 0.15) is 0 Å². The molecule has 2 nitrogen and oxygen atoms in total. The highest BCUT2D eigenvalue weighted by molar-refractivity contribution is 4.89. The third-order valence-corrected chi connectivity index (χ3v) is 3.38. The fourth-order valence-electron chi connectivity index (χ4n) is 2.13. The zero-order valence-electron chi connectivity index (χ0n) is 10.1. The van der Waals surface area contributed by atoms with Crippen LogP contribution in [0.15, 0.2) is 0 Å². The third-order valence-electron chi connectivity index (χ3n) is 3.38. The van der Waals surface area contributed by atoms with Crippen molar-refractivity contribution < 1.29 is 4.74 Å². The molecular weight excluding hydrogens is 174 g/mol. The molecule has 0 bridgehead atoms. The fraction of sp³-hybridized carbons (Fsp3) is 1.00. The Bertz CT molecular complexity index is 172. The van der Waals surface area contributed by atoms with Crippen molar-refractivity contribution in [3.8, 4) is 0 Å². The average molecular weight is 199 g/mol. The van der Waals surface area contributed by atoms with Crippen LogP contribution in [-0.4, -0.2) is 24.3 Å². The summed E-state index contributed by atoms with van der Waals surface area (Å²) >= 11 is 0. The van der Waals surface area contributed by atoms with Gasteiger partial charge >= 0.3 is 0 Å². The van der Waals surface area contributed by atoms with Gasteiger partial charge in [0.05, 0.1) is 11.7 Å². The molecule has 0 saturated carbocycles. The van der Waals surface area contributed by atoms with Crippen LogP contribution in [0.5, 0.6) is 0 Å². The molecule has 1 fully saturated rings. The molecular formula is C12H25NO. The SMILES string of the molecule is CCCC1OC(C)(CC)CNC1CC. The molecule has 1 aliphatic rings. The van der Waals surface area contributed by atoms with Crippen LogP contribution in [0.1, 0.15) is 53.4 Å². The number of ether oxygens (including phenoxy) is 1. The Morgan fingerprint density at radius 2 is 2.07 bits per heavy atom. The van der Waals surface area contributed by atoms with E-state index in [4.69, 9.17) is 4.74 Å². The van der Waals surface area contributed by atoms with Gasteiger partial charge < -0.3 is 10.1 Å². The van der Waals surface area contributed by atoms with Crippen LogP contribution in [0.25, 0.3) is 0 Å². The first-order chi connectivity index (χ1) is 6.65. The standard InChI is InChI=1S/C12H25NO/c1-5-8-11-10(6-2)13-9-12(4,7-3)14-11/h10-11,13H,5-9H2,1-4H3. The van der Waals surface area contributed by atoms with E-state index >= 15 is 0 Å². The summed E-state index contributed by atoms with van der Waals surface area (Å²) in [4.78, 5) is 0. The van der Waals surface area contributed by atoms with E-state index in [0.29, 0.717) is 12.1 Å². The van der Waals surface area contributed by atoms with Gasteiger partial charge in [-0.05, 0) is 26.2 Å². The van der Waals surface area contributed by atoms with Gasteiger partial charge in [0.2, 0.25) is 0 Å². The van der Waals surface area contributed by atoms with Crippen molar-refractivity contribution in [1.82, 2.24) is 5.32 Å². The molecule has 1 N–H and O–H groups in total. The number of nitrogens with one attached hydrogen (secondary N) is 1. The van der Waals surface area contributed by atoms with Crippen molar-refractivity contribution in [2.75, 3.05) is 6.54 Å². The molecule has 1 saturated heterocycles. The Kier molecular flexibility index (Phi) is 4.39. The predicted molar refractivity (Wildman–Crippen MR) is 60.6 cm³/mol. The number of rotatable bonds is 4. The molecule has 3 unspecified atom stereocenters.